The van der Waals surface area contributed by atoms with Crippen molar-refractivity contribution in [1.29, 1.82) is 0 Å². The number of hydrogen-bond acceptors (Lipinski definition) is 5. The molecule has 1 aliphatic rings. The molecule has 1 N–H and O–H groups in total. The lowest BCUT2D eigenvalue weighted by Crippen LogP contribution is -2.25. The number of nitrogens with zero attached hydrogens (tertiary/aromatic N) is 2. The Bertz CT molecular complexity index is 344. The molecule has 0 bridgehead atoms. The summed E-state index contributed by atoms with van der Waals surface area (Å²) in [7, 11) is 0. The molecule has 90 valence electrons. The summed E-state index contributed by atoms with van der Waals surface area (Å²) in [6, 6.07) is 0. The number of thiazole rings is 1. The van der Waals surface area contributed by atoms with E-state index >= 15 is 0 Å². The molecule has 1 aliphatic heterocycles. The predicted molar refractivity (Wildman–Crippen MR) is 71.6 cm³/mol. The van der Waals surface area contributed by atoms with E-state index in [4.69, 9.17) is 0 Å². The molecule has 1 unspecified atom stereocenters. The van der Waals surface area contributed by atoms with Gasteiger partial charge in [-0.1, -0.05) is 11.3 Å². The Morgan fingerprint density at radius 1 is 1.38 bits per heavy atom. The average molecular weight is 258 g/mol. The number of aryl methyl sites for hydroxylation is 1. The summed E-state index contributed by atoms with van der Waals surface area (Å²) >= 11 is 3.66. The molecule has 2 heterocycles. The standard InChI is InChI=1S/C11H18N2OS2/c1-8-10(9(2)14)16-11(12-8)13-4-3-6-15-7-5-13/h9,14H,3-7H2,1-2H3. The number of anilines is 1. The van der Waals surface area contributed by atoms with Crippen molar-refractivity contribution in [2.45, 2.75) is 26.4 Å². The van der Waals surface area contributed by atoms with Gasteiger partial charge in [-0.05, 0) is 26.0 Å². The Balaban J connectivity index is 2.16. The minimum Gasteiger partial charge on any atom is -0.388 e. The van der Waals surface area contributed by atoms with Crippen molar-refractivity contribution < 1.29 is 5.11 Å². The van der Waals surface area contributed by atoms with E-state index in [9.17, 15) is 5.11 Å². The third-order valence-electron chi connectivity index (χ3n) is 2.69. The van der Waals surface area contributed by atoms with Crippen molar-refractivity contribution >= 4 is 28.2 Å². The van der Waals surface area contributed by atoms with Gasteiger partial charge in [-0.3, -0.25) is 0 Å². The van der Waals surface area contributed by atoms with E-state index in [2.05, 4.69) is 9.88 Å². The van der Waals surface area contributed by atoms with Crippen LogP contribution in [0.5, 0.6) is 0 Å². The maximum absolute atomic E-state index is 9.62. The summed E-state index contributed by atoms with van der Waals surface area (Å²) in [6.45, 7) is 5.97. The van der Waals surface area contributed by atoms with E-state index in [1.165, 1.54) is 17.9 Å². The minimum absolute atomic E-state index is 0.396. The first kappa shape index (κ1) is 12.2. The minimum atomic E-state index is -0.396. The topological polar surface area (TPSA) is 36.4 Å². The lowest BCUT2D eigenvalue weighted by Gasteiger charge is -2.18. The number of aliphatic hydroxyl groups excluding tert-OH is 1. The fraction of sp³-hybridized carbons (Fsp3) is 0.727. The van der Waals surface area contributed by atoms with Crippen LogP contribution < -0.4 is 4.90 Å². The molecule has 0 aliphatic carbocycles. The van der Waals surface area contributed by atoms with Gasteiger partial charge in [0.15, 0.2) is 5.13 Å². The van der Waals surface area contributed by atoms with E-state index in [0.717, 1.165) is 28.8 Å². The van der Waals surface area contributed by atoms with Crippen molar-refractivity contribution in [2.75, 3.05) is 29.5 Å². The highest BCUT2D eigenvalue weighted by molar-refractivity contribution is 7.99. The Kier molecular flexibility index (Phi) is 4.10. The van der Waals surface area contributed by atoms with Crippen molar-refractivity contribution in [2.24, 2.45) is 0 Å². The SMILES string of the molecule is Cc1nc(N2CCCSCC2)sc1C(C)O. The second kappa shape index (κ2) is 5.38. The Labute approximate surface area is 105 Å². The summed E-state index contributed by atoms with van der Waals surface area (Å²) in [6.07, 6.45) is 0.834. The fourth-order valence-corrected chi connectivity index (χ4v) is 3.80. The second-order valence-corrected chi connectivity index (χ2v) is 6.31. The average Bonchev–Trinajstić information content (AvgIpc) is 2.50. The normalized spacial score (nSPS) is 19.6. The molecule has 1 aromatic heterocycles. The molecule has 1 saturated heterocycles. The van der Waals surface area contributed by atoms with Gasteiger partial charge in [-0.2, -0.15) is 11.8 Å². The molecule has 1 aromatic rings. The van der Waals surface area contributed by atoms with Crippen LogP contribution in [0.25, 0.3) is 0 Å². The van der Waals surface area contributed by atoms with Gasteiger partial charge in [0.2, 0.25) is 0 Å². The highest BCUT2D eigenvalue weighted by Gasteiger charge is 2.17. The molecule has 1 fully saturated rings. The zero-order valence-corrected chi connectivity index (χ0v) is 11.4. The lowest BCUT2D eigenvalue weighted by molar-refractivity contribution is 0.202. The number of rotatable bonds is 2. The van der Waals surface area contributed by atoms with Crippen LogP contribution in [-0.4, -0.2) is 34.7 Å². The van der Waals surface area contributed by atoms with Crippen molar-refractivity contribution in [3.05, 3.63) is 10.6 Å². The van der Waals surface area contributed by atoms with Gasteiger partial charge < -0.3 is 10.0 Å². The van der Waals surface area contributed by atoms with Crippen LogP contribution in [0.3, 0.4) is 0 Å². The number of thioether (sulfide) groups is 1. The largest absolute Gasteiger partial charge is 0.388 e. The molecule has 0 saturated carbocycles. The van der Waals surface area contributed by atoms with Crippen LogP contribution in [0.1, 0.15) is 30.0 Å². The first-order chi connectivity index (χ1) is 7.68. The Morgan fingerprint density at radius 3 is 2.88 bits per heavy atom. The van der Waals surface area contributed by atoms with Crippen LogP contribution >= 0.6 is 23.1 Å². The quantitative estimate of drug-likeness (QED) is 0.884. The summed E-state index contributed by atoms with van der Waals surface area (Å²) in [5, 5.41) is 10.7. The van der Waals surface area contributed by atoms with E-state index < -0.39 is 6.10 Å². The van der Waals surface area contributed by atoms with Crippen LogP contribution in [-0.2, 0) is 0 Å². The number of aromatic nitrogens is 1. The van der Waals surface area contributed by atoms with Gasteiger partial charge in [-0.15, -0.1) is 0 Å². The smallest absolute Gasteiger partial charge is 0.185 e. The van der Waals surface area contributed by atoms with Gasteiger partial charge in [-0.25, -0.2) is 4.98 Å². The van der Waals surface area contributed by atoms with Crippen molar-refractivity contribution in [3.63, 3.8) is 0 Å². The fourth-order valence-electron chi connectivity index (χ4n) is 1.85. The van der Waals surface area contributed by atoms with Gasteiger partial charge in [0.05, 0.1) is 16.7 Å². The maximum atomic E-state index is 9.62. The van der Waals surface area contributed by atoms with E-state index in [1.54, 1.807) is 11.3 Å². The lowest BCUT2D eigenvalue weighted by atomic mass is 10.3. The molecule has 16 heavy (non-hydrogen) atoms. The summed E-state index contributed by atoms with van der Waals surface area (Å²) in [4.78, 5) is 7.93. The van der Waals surface area contributed by atoms with Gasteiger partial charge in [0, 0.05) is 18.8 Å². The van der Waals surface area contributed by atoms with Crippen LogP contribution in [0.2, 0.25) is 0 Å². The second-order valence-electron chi connectivity index (χ2n) is 4.08. The van der Waals surface area contributed by atoms with Crippen molar-refractivity contribution in [3.8, 4) is 0 Å². The monoisotopic (exact) mass is 258 g/mol. The Morgan fingerprint density at radius 2 is 2.19 bits per heavy atom. The highest BCUT2D eigenvalue weighted by Crippen LogP contribution is 2.31. The summed E-state index contributed by atoms with van der Waals surface area (Å²) in [5.74, 6) is 2.44. The molecule has 0 amide bonds. The summed E-state index contributed by atoms with van der Waals surface area (Å²) in [5.41, 5.74) is 0.979. The van der Waals surface area contributed by atoms with Crippen LogP contribution in [0.15, 0.2) is 0 Å². The molecule has 0 spiro atoms. The van der Waals surface area contributed by atoms with E-state index in [0.29, 0.717) is 0 Å². The van der Waals surface area contributed by atoms with E-state index in [-0.39, 0.29) is 0 Å². The third kappa shape index (κ3) is 2.70. The zero-order valence-electron chi connectivity index (χ0n) is 9.77. The predicted octanol–water partition coefficient (Wildman–Crippen LogP) is 2.45. The van der Waals surface area contributed by atoms with Crippen molar-refractivity contribution in [1.82, 2.24) is 4.98 Å². The maximum Gasteiger partial charge on any atom is 0.185 e. The molecule has 0 aromatic carbocycles. The molecular weight excluding hydrogens is 240 g/mol. The van der Waals surface area contributed by atoms with Gasteiger partial charge in [0.25, 0.3) is 0 Å². The first-order valence-electron chi connectivity index (χ1n) is 5.66. The Hall–Kier alpha value is -0.260. The molecule has 2 rings (SSSR count). The van der Waals surface area contributed by atoms with Gasteiger partial charge >= 0.3 is 0 Å². The molecule has 3 nitrogen and oxygen atoms in total. The molecular formula is C11H18N2OS2. The molecule has 1 atom stereocenters. The van der Waals surface area contributed by atoms with E-state index in [1.807, 2.05) is 25.6 Å². The highest BCUT2D eigenvalue weighted by atomic mass is 32.2. The third-order valence-corrected chi connectivity index (χ3v) is 5.13. The number of aliphatic hydroxyl groups is 1. The summed E-state index contributed by atoms with van der Waals surface area (Å²) < 4.78 is 0. The first-order valence-corrected chi connectivity index (χ1v) is 7.63. The van der Waals surface area contributed by atoms with Crippen LogP contribution in [0.4, 0.5) is 5.13 Å². The number of hydrogen-bond donors (Lipinski definition) is 1. The van der Waals surface area contributed by atoms with Crippen LogP contribution in [0, 0.1) is 6.92 Å². The zero-order chi connectivity index (χ0) is 11.5. The molecule has 0 radical (unpaired) electrons. The van der Waals surface area contributed by atoms with Gasteiger partial charge in [0.1, 0.15) is 0 Å². The molecule has 5 heteroatoms.